The lowest BCUT2D eigenvalue weighted by Gasteiger charge is -2.07. The number of benzene rings is 1. The predicted molar refractivity (Wildman–Crippen MR) is 71.4 cm³/mol. The lowest BCUT2D eigenvalue weighted by Crippen LogP contribution is -2.07. The van der Waals surface area contributed by atoms with Crippen molar-refractivity contribution in [3.05, 3.63) is 45.7 Å². The number of carbonyl (C=O) groups is 1. The SMILES string of the molecule is CS/C(=C\C(=O)c1cccc(C(F)(F)F)c1)S(C)=O. The second-order valence-corrected chi connectivity index (χ2v) is 6.02. The predicted octanol–water partition coefficient (Wildman–Crippen LogP) is 3.47. The molecule has 1 unspecified atom stereocenters. The maximum absolute atomic E-state index is 12.5. The number of hydrogen-bond donors (Lipinski definition) is 0. The number of allylic oxidation sites excluding steroid dienone is 1. The number of carbonyl (C=O) groups excluding carboxylic acids is 1. The zero-order chi connectivity index (χ0) is 14.6. The number of rotatable bonds is 4. The van der Waals surface area contributed by atoms with E-state index < -0.39 is 28.3 Å². The Kier molecular flexibility index (Phi) is 5.37. The van der Waals surface area contributed by atoms with Gasteiger partial charge in [0, 0.05) is 17.9 Å². The van der Waals surface area contributed by atoms with Crippen LogP contribution in [0.4, 0.5) is 13.2 Å². The zero-order valence-corrected chi connectivity index (χ0v) is 11.8. The lowest BCUT2D eigenvalue weighted by atomic mass is 10.1. The van der Waals surface area contributed by atoms with Crippen molar-refractivity contribution in [2.75, 3.05) is 12.5 Å². The van der Waals surface area contributed by atoms with Gasteiger partial charge in [0.05, 0.1) is 20.6 Å². The molecule has 1 aromatic carbocycles. The van der Waals surface area contributed by atoms with E-state index in [9.17, 15) is 22.2 Å². The third-order valence-corrected chi connectivity index (χ3v) is 4.62. The van der Waals surface area contributed by atoms with Crippen molar-refractivity contribution in [2.24, 2.45) is 0 Å². The summed E-state index contributed by atoms with van der Waals surface area (Å²) < 4.78 is 49.1. The summed E-state index contributed by atoms with van der Waals surface area (Å²) in [5.41, 5.74) is -0.957. The van der Waals surface area contributed by atoms with Crippen molar-refractivity contribution in [1.29, 1.82) is 0 Å². The first-order valence-electron chi connectivity index (χ1n) is 5.06. The molecule has 7 heteroatoms. The van der Waals surface area contributed by atoms with Gasteiger partial charge < -0.3 is 0 Å². The molecule has 1 rings (SSSR count). The fourth-order valence-corrected chi connectivity index (χ4v) is 2.74. The average molecular weight is 308 g/mol. The Morgan fingerprint density at radius 2 is 2.00 bits per heavy atom. The van der Waals surface area contributed by atoms with E-state index in [0.29, 0.717) is 4.24 Å². The number of hydrogen-bond acceptors (Lipinski definition) is 3. The Labute approximate surface area is 115 Å². The van der Waals surface area contributed by atoms with E-state index >= 15 is 0 Å². The average Bonchev–Trinajstić information content (AvgIpc) is 2.34. The molecule has 0 aliphatic rings. The molecular formula is C12H11F3O2S2. The molecule has 0 saturated heterocycles. The molecule has 0 spiro atoms. The van der Waals surface area contributed by atoms with Gasteiger partial charge in [-0.3, -0.25) is 9.00 Å². The van der Waals surface area contributed by atoms with Gasteiger partial charge >= 0.3 is 6.18 Å². The maximum atomic E-state index is 12.5. The highest BCUT2D eigenvalue weighted by molar-refractivity contribution is 8.15. The molecule has 2 nitrogen and oxygen atoms in total. The van der Waals surface area contributed by atoms with Crippen LogP contribution in [0.2, 0.25) is 0 Å². The van der Waals surface area contributed by atoms with Crippen LogP contribution in [-0.4, -0.2) is 22.5 Å². The summed E-state index contributed by atoms with van der Waals surface area (Å²) in [7, 11) is -1.34. The summed E-state index contributed by atoms with van der Waals surface area (Å²) >= 11 is 1.13. The highest BCUT2D eigenvalue weighted by atomic mass is 32.2. The molecule has 104 valence electrons. The molecule has 19 heavy (non-hydrogen) atoms. The molecule has 0 saturated carbocycles. The molecule has 1 atom stereocenters. The first-order valence-corrected chi connectivity index (χ1v) is 7.84. The molecule has 0 aliphatic heterocycles. The monoisotopic (exact) mass is 308 g/mol. The second-order valence-electron chi connectivity index (χ2n) is 3.56. The van der Waals surface area contributed by atoms with E-state index in [-0.39, 0.29) is 5.56 Å². The fourth-order valence-electron chi connectivity index (χ4n) is 1.30. The fraction of sp³-hybridized carbons (Fsp3) is 0.250. The Bertz CT molecular complexity index is 536. The molecule has 0 amide bonds. The minimum absolute atomic E-state index is 0.0770. The van der Waals surface area contributed by atoms with Gasteiger partial charge in [-0.25, -0.2) is 0 Å². The standard InChI is InChI=1S/C12H11F3O2S2/c1-18-11(19(2)17)7-10(16)8-4-3-5-9(6-8)12(13,14)15/h3-7H,1-2H3/b11-7+. The molecule has 0 fully saturated rings. The highest BCUT2D eigenvalue weighted by Crippen LogP contribution is 2.29. The van der Waals surface area contributed by atoms with Gasteiger partial charge in [0.1, 0.15) is 0 Å². The summed E-state index contributed by atoms with van der Waals surface area (Å²) in [4.78, 5) is 11.8. The van der Waals surface area contributed by atoms with Crippen LogP contribution in [-0.2, 0) is 17.0 Å². The van der Waals surface area contributed by atoms with Crippen molar-refractivity contribution in [3.63, 3.8) is 0 Å². The zero-order valence-electron chi connectivity index (χ0n) is 10.2. The summed E-state index contributed by atoms with van der Waals surface area (Å²) in [6.45, 7) is 0. The summed E-state index contributed by atoms with van der Waals surface area (Å²) in [6, 6.07) is 4.15. The van der Waals surface area contributed by atoms with Gasteiger partial charge in [-0.2, -0.15) is 13.2 Å². The number of ketones is 1. The summed E-state index contributed by atoms with van der Waals surface area (Å²) in [5.74, 6) is -0.592. The van der Waals surface area contributed by atoms with E-state index in [0.717, 1.165) is 30.0 Å². The second kappa shape index (κ2) is 6.38. The van der Waals surface area contributed by atoms with E-state index in [1.807, 2.05) is 0 Å². The first-order chi connectivity index (χ1) is 8.75. The largest absolute Gasteiger partial charge is 0.416 e. The van der Waals surface area contributed by atoms with Crippen molar-refractivity contribution < 1.29 is 22.2 Å². The van der Waals surface area contributed by atoms with Crippen molar-refractivity contribution in [3.8, 4) is 0 Å². The Morgan fingerprint density at radius 1 is 1.37 bits per heavy atom. The maximum Gasteiger partial charge on any atom is 0.416 e. The third kappa shape index (κ3) is 4.50. The molecular weight excluding hydrogens is 297 g/mol. The molecule has 0 aliphatic carbocycles. The van der Waals surface area contributed by atoms with Gasteiger partial charge in [0.2, 0.25) is 0 Å². The number of thioether (sulfide) groups is 1. The normalized spacial score (nSPS) is 14.3. The van der Waals surface area contributed by atoms with Crippen LogP contribution in [0.1, 0.15) is 15.9 Å². The van der Waals surface area contributed by atoms with Crippen molar-refractivity contribution in [1.82, 2.24) is 0 Å². The van der Waals surface area contributed by atoms with Gasteiger partial charge in [0.15, 0.2) is 5.78 Å². The van der Waals surface area contributed by atoms with E-state index in [2.05, 4.69) is 0 Å². The Balaban J connectivity index is 3.11. The van der Waals surface area contributed by atoms with E-state index in [1.54, 1.807) is 6.26 Å². The third-order valence-electron chi connectivity index (χ3n) is 2.21. The molecule has 0 radical (unpaired) electrons. The van der Waals surface area contributed by atoms with Gasteiger partial charge in [-0.1, -0.05) is 12.1 Å². The van der Waals surface area contributed by atoms with Gasteiger partial charge in [0.25, 0.3) is 0 Å². The van der Waals surface area contributed by atoms with Crippen LogP contribution in [0.15, 0.2) is 34.6 Å². The molecule has 1 aromatic rings. The molecule has 0 N–H and O–H groups in total. The number of halogens is 3. The van der Waals surface area contributed by atoms with Crippen LogP contribution >= 0.6 is 11.8 Å². The van der Waals surface area contributed by atoms with Crippen LogP contribution in [0.3, 0.4) is 0 Å². The number of alkyl halides is 3. The Morgan fingerprint density at radius 3 is 2.47 bits per heavy atom. The topological polar surface area (TPSA) is 34.1 Å². The smallest absolute Gasteiger partial charge is 0.289 e. The Hall–Kier alpha value is -1.08. The van der Waals surface area contributed by atoms with Crippen LogP contribution in [0.25, 0.3) is 0 Å². The van der Waals surface area contributed by atoms with Crippen LogP contribution in [0.5, 0.6) is 0 Å². The van der Waals surface area contributed by atoms with E-state index in [1.165, 1.54) is 18.4 Å². The first kappa shape index (κ1) is 16.0. The van der Waals surface area contributed by atoms with Gasteiger partial charge in [-0.05, 0) is 18.4 Å². The van der Waals surface area contributed by atoms with E-state index in [4.69, 9.17) is 0 Å². The minimum atomic E-state index is -4.49. The quantitative estimate of drug-likeness (QED) is 0.631. The van der Waals surface area contributed by atoms with Gasteiger partial charge in [-0.15, -0.1) is 11.8 Å². The van der Waals surface area contributed by atoms with Crippen molar-refractivity contribution >= 4 is 28.3 Å². The summed E-state index contributed by atoms with van der Waals surface area (Å²) in [5, 5.41) is 0. The highest BCUT2D eigenvalue weighted by Gasteiger charge is 2.30. The van der Waals surface area contributed by atoms with Crippen LogP contribution < -0.4 is 0 Å². The molecule has 0 bridgehead atoms. The molecule has 0 heterocycles. The minimum Gasteiger partial charge on any atom is -0.289 e. The lowest BCUT2D eigenvalue weighted by molar-refractivity contribution is -0.137. The molecule has 0 aromatic heterocycles. The van der Waals surface area contributed by atoms with Crippen molar-refractivity contribution in [2.45, 2.75) is 6.18 Å². The van der Waals surface area contributed by atoms with Crippen LogP contribution in [0, 0.1) is 0 Å². The summed E-state index contributed by atoms with van der Waals surface area (Å²) in [6.07, 6.45) is -0.333.